The Balaban J connectivity index is 1.59. The SMILES string of the molecule is C[C@H](CO)C1CCC2C3CCC4CC(O)CCC4(C)C3CCC21C. The highest BCUT2D eigenvalue weighted by Crippen LogP contribution is 2.68. The first kappa shape index (κ1) is 17.3. The Hall–Kier alpha value is -0.0800. The lowest BCUT2D eigenvalue weighted by Crippen LogP contribution is -2.54. The van der Waals surface area contributed by atoms with Crippen molar-refractivity contribution < 1.29 is 10.2 Å². The van der Waals surface area contributed by atoms with Gasteiger partial charge in [0, 0.05) is 6.61 Å². The Morgan fingerprint density at radius 2 is 1.62 bits per heavy atom. The van der Waals surface area contributed by atoms with E-state index in [-0.39, 0.29) is 6.10 Å². The maximum atomic E-state index is 10.1. The molecule has 2 nitrogen and oxygen atoms in total. The third-order valence-corrected chi connectivity index (χ3v) is 9.69. The Morgan fingerprint density at radius 1 is 0.917 bits per heavy atom. The van der Waals surface area contributed by atoms with Gasteiger partial charge in [0.2, 0.25) is 0 Å². The maximum absolute atomic E-state index is 10.1. The molecule has 24 heavy (non-hydrogen) atoms. The third-order valence-electron chi connectivity index (χ3n) is 9.69. The Kier molecular flexibility index (Phi) is 4.32. The van der Waals surface area contributed by atoms with Crippen LogP contribution < -0.4 is 0 Å². The number of hydrogen-bond donors (Lipinski definition) is 2. The summed E-state index contributed by atoms with van der Waals surface area (Å²) >= 11 is 0. The summed E-state index contributed by atoms with van der Waals surface area (Å²) in [5, 5.41) is 19.9. The van der Waals surface area contributed by atoms with Crippen molar-refractivity contribution in [2.24, 2.45) is 46.3 Å². The van der Waals surface area contributed by atoms with Gasteiger partial charge in [0.25, 0.3) is 0 Å². The Morgan fingerprint density at radius 3 is 2.38 bits per heavy atom. The average Bonchev–Trinajstić information content (AvgIpc) is 2.92. The van der Waals surface area contributed by atoms with Gasteiger partial charge in [0.05, 0.1) is 6.10 Å². The lowest BCUT2D eigenvalue weighted by Gasteiger charge is -2.61. The lowest BCUT2D eigenvalue weighted by molar-refractivity contribution is -0.130. The van der Waals surface area contributed by atoms with Crippen LogP contribution >= 0.6 is 0 Å². The van der Waals surface area contributed by atoms with Crippen LogP contribution in [-0.2, 0) is 0 Å². The van der Waals surface area contributed by atoms with E-state index >= 15 is 0 Å². The maximum Gasteiger partial charge on any atom is 0.0543 e. The summed E-state index contributed by atoms with van der Waals surface area (Å²) in [4.78, 5) is 0. The fourth-order valence-electron chi connectivity index (χ4n) is 8.34. The smallest absolute Gasteiger partial charge is 0.0543 e. The zero-order chi connectivity index (χ0) is 17.1. The number of hydrogen-bond acceptors (Lipinski definition) is 2. The quantitative estimate of drug-likeness (QED) is 0.772. The molecule has 0 radical (unpaired) electrons. The molecule has 0 aromatic rings. The van der Waals surface area contributed by atoms with Gasteiger partial charge in [0.1, 0.15) is 0 Å². The minimum atomic E-state index is -0.0326. The molecule has 0 aromatic heterocycles. The van der Waals surface area contributed by atoms with Crippen LogP contribution in [0.15, 0.2) is 0 Å². The van der Waals surface area contributed by atoms with Gasteiger partial charge in [-0.25, -0.2) is 0 Å². The Bertz CT molecular complexity index is 477. The van der Waals surface area contributed by atoms with Crippen molar-refractivity contribution in [3.8, 4) is 0 Å². The van der Waals surface area contributed by atoms with E-state index in [1.807, 2.05) is 0 Å². The highest BCUT2D eigenvalue weighted by Gasteiger charge is 2.60. The van der Waals surface area contributed by atoms with Crippen molar-refractivity contribution in [1.82, 2.24) is 0 Å². The number of aliphatic hydroxyl groups is 2. The topological polar surface area (TPSA) is 40.5 Å². The molecule has 2 heteroatoms. The lowest BCUT2D eigenvalue weighted by atomic mass is 9.44. The van der Waals surface area contributed by atoms with Crippen molar-refractivity contribution >= 4 is 0 Å². The van der Waals surface area contributed by atoms with Gasteiger partial charge >= 0.3 is 0 Å². The largest absolute Gasteiger partial charge is 0.396 e. The predicted octanol–water partition coefficient (Wildman–Crippen LogP) is 4.63. The molecule has 4 saturated carbocycles. The molecule has 4 aliphatic rings. The molecule has 2 N–H and O–H groups in total. The summed E-state index contributed by atoms with van der Waals surface area (Å²) in [5.74, 6) is 4.65. The molecule has 4 rings (SSSR count). The van der Waals surface area contributed by atoms with E-state index in [1.54, 1.807) is 0 Å². The van der Waals surface area contributed by atoms with E-state index in [4.69, 9.17) is 0 Å². The minimum Gasteiger partial charge on any atom is -0.396 e. The van der Waals surface area contributed by atoms with Crippen molar-refractivity contribution in [2.45, 2.75) is 84.7 Å². The van der Waals surface area contributed by atoms with E-state index < -0.39 is 0 Å². The molecule has 138 valence electrons. The van der Waals surface area contributed by atoms with Crippen LogP contribution in [0, 0.1) is 46.3 Å². The first-order valence-electron chi connectivity index (χ1n) is 10.7. The summed E-state index contributed by atoms with van der Waals surface area (Å²) in [6.45, 7) is 7.77. The molecule has 0 spiro atoms. The minimum absolute atomic E-state index is 0.0326. The second-order valence-corrected chi connectivity index (χ2v) is 10.5. The van der Waals surface area contributed by atoms with Crippen LogP contribution in [0.5, 0.6) is 0 Å². The van der Waals surface area contributed by atoms with Crippen LogP contribution in [0.3, 0.4) is 0 Å². The van der Waals surface area contributed by atoms with Gasteiger partial charge in [-0.1, -0.05) is 20.8 Å². The molecule has 0 aromatic carbocycles. The molecule has 4 fully saturated rings. The van der Waals surface area contributed by atoms with Crippen molar-refractivity contribution in [3.63, 3.8) is 0 Å². The summed E-state index contributed by atoms with van der Waals surface area (Å²) in [6.07, 6.45) is 11.6. The van der Waals surface area contributed by atoms with Crippen LogP contribution in [0.2, 0.25) is 0 Å². The van der Waals surface area contributed by atoms with Gasteiger partial charge in [-0.3, -0.25) is 0 Å². The number of aliphatic hydroxyl groups excluding tert-OH is 2. The zero-order valence-corrected chi connectivity index (χ0v) is 16.0. The van der Waals surface area contributed by atoms with Crippen LogP contribution in [0.1, 0.15) is 78.6 Å². The number of fused-ring (bicyclic) bond motifs is 5. The van der Waals surface area contributed by atoms with E-state index in [0.29, 0.717) is 23.4 Å². The average molecular weight is 335 g/mol. The van der Waals surface area contributed by atoms with Crippen LogP contribution in [0.25, 0.3) is 0 Å². The first-order chi connectivity index (χ1) is 11.4. The van der Waals surface area contributed by atoms with Crippen molar-refractivity contribution in [1.29, 1.82) is 0 Å². The van der Waals surface area contributed by atoms with Crippen LogP contribution in [-0.4, -0.2) is 22.9 Å². The second-order valence-electron chi connectivity index (χ2n) is 10.5. The van der Waals surface area contributed by atoms with E-state index in [2.05, 4.69) is 20.8 Å². The molecule has 0 amide bonds. The van der Waals surface area contributed by atoms with E-state index in [0.717, 1.165) is 42.4 Å². The highest BCUT2D eigenvalue weighted by atomic mass is 16.3. The first-order valence-corrected chi connectivity index (χ1v) is 10.7. The molecular formula is C22H38O2. The molecule has 0 aliphatic heterocycles. The fourth-order valence-corrected chi connectivity index (χ4v) is 8.34. The Labute approximate surface area is 148 Å². The van der Waals surface area contributed by atoms with Crippen molar-refractivity contribution in [2.75, 3.05) is 6.61 Å². The second kappa shape index (κ2) is 5.98. The molecule has 4 aliphatic carbocycles. The molecular weight excluding hydrogens is 296 g/mol. The van der Waals surface area contributed by atoms with Gasteiger partial charge in [-0.15, -0.1) is 0 Å². The monoisotopic (exact) mass is 334 g/mol. The predicted molar refractivity (Wildman–Crippen MR) is 97.5 cm³/mol. The summed E-state index contributed by atoms with van der Waals surface area (Å²) < 4.78 is 0. The van der Waals surface area contributed by atoms with Gasteiger partial charge < -0.3 is 10.2 Å². The molecule has 0 saturated heterocycles. The molecule has 0 heterocycles. The molecule has 8 unspecified atom stereocenters. The van der Waals surface area contributed by atoms with E-state index in [1.165, 1.54) is 44.9 Å². The van der Waals surface area contributed by atoms with Crippen molar-refractivity contribution in [3.05, 3.63) is 0 Å². The number of rotatable bonds is 2. The summed E-state index contributed by atoms with van der Waals surface area (Å²) in [5.41, 5.74) is 0.963. The third kappa shape index (κ3) is 2.35. The van der Waals surface area contributed by atoms with Gasteiger partial charge in [-0.2, -0.15) is 0 Å². The van der Waals surface area contributed by atoms with Gasteiger partial charge in [-0.05, 0) is 104 Å². The van der Waals surface area contributed by atoms with Gasteiger partial charge in [0.15, 0.2) is 0 Å². The zero-order valence-electron chi connectivity index (χ0n) is 16.0. The fraction of sp³-hybridized carbons (Fsp3) is 1.00. The van der Waals surface area contributed by atoms with E-state index in [9.17, 15) is 10.2 Å². The summed E-state index contributed by atoms with van der Waals surface area (Å²) in [7, 11) is 0. The molecule has 0 bridgehead atoms. The normalized spacial score (nSPS) is 55.4. The molecule has 9 atom stereocenters. The van der Waals surface area contributed by atoms with Crippen LogP contribution in [0.4, 0.5) is 0 Å². The highest BCUT2D eigenvalue weighted by molar-refractivity contribution is 5.09. The standard InChI is InChI=1S/C22H38O2/c1-14(13-23)18-6-7-19-17-5-4-15-12-16(24)8-10-21(15,2)20(17)9-11-22(18,19)3/h14-20,23-24H,4-13H2,1-3H3/t14-,15?,16?,17?,18?,19?,20?,21?,22?/m1/s1. The summed E-state index contributed by atoms with van der Waals surface area (Å²) in [6, 6.07) is 0.